The molecule has 0 aromatic heterocycles. The Morgan fingerprint density at radius 2 is 2.04 bits per heavy atom. The molecule has 1 saturated heterocycles. The van der Waals surface area contributed by atoms with Gasteiger partial charge in [-0.2, -0.15) is 0 Å². The molecule has 7 nitrogen and oxygen atoms in total. The summed E-state index contributed by atoms with van der Waals surface area (Å²) >= 11 is 0. The van der Waals surface area contributed by atoms with E-state index < -0.39 is 6.04 Å². The highest BCUT2D eigenvalue weighted by Crippen LogP contribution is 2.27. The topological polar surface area (TPSA) is 105 Å². The van der Waals surface area contributed by atoms with E-state index in [1.54, 1.807) is 4.90 Å². The van der Waals surface area contributed by atoms with Crippen molar-refractivity contribution in [3.8, 4) is 0 Å². The quantitative estimate of drug-likeness (QED) is 0.521. The molecule has 0 aliphatic carbocycles. The number of likely N-dealkylation sites (tertiary alicyclic amines) is 1. The summed E-state index contributed by atoms with van der Waals surface area (Å²) in [5, 5.41) is 5.46. The molecule has 2 unspecified atom stereocenters. The predicted molar refractivity (Wildman–Crippen MR) is 93.0 cm³/mol. The van der Waals surface area contributed by atoms with Gasteiger partial charge in [-0.3, -0.25) is 14.4 Å². The van der Waals surface area contributed by atoms with Gasteiger partial charge in [-0.15, -0.1) is 0 Å². The van der Waals surface area contributed by atoms with E-state index in [-0.39, 0.29) is 42.6 Å². The minimum absolute atomic E-state index is 0.00435. The zero-order valence-corrected chi connectivity index (χ0v) is 14.9. The molecule has 1 fully saturated rings. The normalized spacial score (nSPS) is 21.5. The molecule has 3 atom stereocenters. The van der Waals surface area contributed by atoms with Crippen molar-refractivity contribution in [2.45, 2.75) is 52.1 Å². The average Bonchev–Trinajstić information content (AvgIpc) is 2.76. The summed E-state index contributed by atoms with van der Waals surface area (Å²) in [6, 6.07) is -0.547. The minimum Gasteiger partial charge on any atom is -0.354 e. The predicted octanol–water partition coefficient (Wildman–Crippen LogP) is 0.159. The summed E-state index contributed by atoms with van der Waals surface area (Å²) in [6.07, 6.45) is 1.35. The van der Waals surface area contributed by atoms with E-state index in [9.17, 15) is 14.4 Å². The lowest BCUT2D eigenvalue weighted by Gasteiger charge is -2.30. The van der Waals surface area contributed by atoms with Gasteiger partial charge >= 0.3 is 0 Å². The van der Waals surface area contributed by atoms with Crippen LogP contribution in [0.4, 0.5) is 0 Å². The second kappa shape index (κ2) is 9.42. The Balaban J connectivity index is 2.54. The van der Waals surface area contributed by atoms with Crippen LogP contribution in [0.1, 0.15) is 40.0 Å². The Bertz CT molecular complexity index is 492. The maximum atomic E-state index is 12.5. The van der Waals surface area contributed by atoms with Crippen molar-refractivity contribution >= 4 is 17.7 Å². The highest BCUT2D eigenvalue weighted by molar-refractivity contribution is 5.90. The van der Waals surface area contributed by atoms with Crippen molar-refractivity contribution in [1.29, 1.82) is 0 Å². The molecule has 4 N–H and O–H groups in total. The van der Waals surface area contributed by atoms with Crippen LogP contribution in [0, 0.1) is 5.92 Å². The fourth-order valence-electron chi connectivity index (χ4n) is 2.97. The molecule has 136 valence electrons. The molecule has 0 aromatic carbocycles. The third-order valence-corrected chi connectivity index (χ3v) is 4.16. The van der Waals surface area contributed by atoms with Gasteiger partial charge in [-0.25, -0.2) is 0 Å². The van der Waals surface area contributed by atoms with Crippen molar-refractivity contribution in [3.63, 3.8) is 0 Å². The van der Waals surface area contributed by atoms with Gasteiger partial charge in [0.15, 0.2) is 0 Å². The standard InChI is InChI=1S/C17H30N4O3/c1-11(2)10-20-15(22)6-8-19-16(23)14(5-7-18)21-13(4)9-12(3)17(21)24/h12-14H,1,5-10,18H2,2-4H3,(H,19,23)(H,20,22)/t12-,13?,14?/m1/s1. The first-order valence-electron chi connectivity index (χ1n) is 8.49. The van der Waals surface area contributed by atoms with Gasteiger partial charge < -0.3 is 21.3 Å². The Labute approximate surface area is 144 Å². The van der Waals surface area contributed by atoms with Crippen molar-refractivity contribution in [3.05, 3.63) is 12.2 Å². The lowest BCUT2D eigenvalue weighted by Crippen LogP contribution is -2.51. The lowest BCUT2D eigenvalue weighted by molar-refractivity contribution is -0.140. The molecule has 0 saturated carbocycles. The molecular weight excluding hydrogens is 308 g/mol. The maximum Gasteiger partial charge on any atom is 0.242 e. The summed E-state index contributed by atoms with van der Waals surface area (Å²) in [5.41, 5.74) is 6.48. The number of nitrogens with one attached hydrogen (secondary N) is 2. The van der Waals surface area contributed by atoms with Crippen LogP contribution in [0.5, 0.6) is 0 Å². The third-order valence-electron chi connectivity index (χ3n) is 4.16. The molecular formula is C17H30N4O3. The van der Waals surface area contributed by atoms with Gasteiger partial charge in [0.1, 0.15) is 6.04 Å². The van der Waals surface area contributed by atoms with Crippen LogP contribution >= 0.6 is 0 Å². The first-order chi connectivity index (χ1) is 11.3. The van der Waals surface area contributed by atoms with Crippen molar-refractivity contribution < 1.29 is 14.4 Å². The Morgan fingerprint density at radius 3 is 2.54 bits per heavy atom. The minimum atomic E-state index is -0.569. The van der Waals surface area contributed by atoms with Gasteiger partial charge in [-0.1, -0.05) is 19.1 Å². The van der Waals surface area contributed by atoms with Crippen molar-refractivity contribution in [2.24, 2.45) is 11.7 Å². The van der Waals surface area contributed by atoms with Crippen LogP contribution in [0.25, 0.3) is 0 Å². The smallest absolute Gasteiger partial charge is 0.242 e. The number of hydrogen-bond donors (Lipinski definition) is 3. The molecule has 0 radical (unpaired) electrons. The monoisotopic (exact) mass is 338 g/mol. The number of hydrogen-bond acceptors (Lipinski definition) is 4. The fraction of sp³-hybridized carbons (Fsp3) is 0.706. The van der Waals surface area contributed by atoms with Gasteiger partial charge in [0.25, 0.3) is 0 Å². The Hall–Kier alpha value is -1.89. The van der Waals surface area contributed by atoms with Crippen molar-refractivity contribution in [2.75, 3.05) is 19.6 Å². The first kappa shape index (κ1) is 20.2. The molecule has 0 bridgehead atoms. The molecule has 24 heavy (non-hydrogen) atoms. The lowest BCUT2D eigenvalue weighted by atomic mass is 10.1. The van der Waals surface area contributed by atoms with Crippen LogP contribution in [-0.2, 0) is 14.4 Å². The number of nitrogens with zero attached hydrogens (tertiary/aromatic N) is 1. The molecule has 0 spiro atoms. The summed E-state index contributed by atoms with van der Waals surface area (Å²) < 4.78 is 0. The van der Waals surface area contributed by atoms with Crippen LogP contribution in [0.3, 0.4) is 0 Å². The molecule has 1 aliphatic rings. The van der Waals surface area contributed by atoms with Crippen LogP contribution in [0.15, 0.2) is 12.2 Å². The highest BCUT2D eigenvalue weighted by Gasteiger charge is 2.40. The first-order valence-corrected chi connectivity index (χ1v) is 8.49. The number of carbonyl (C=O) groups excluding carboxylic acids is 3. The molecule has 0 aromatic rings. The number of rotatable bonds is 9. The second-order valence-electron chi connectivity index (χ2n) is 6.60. The van der Waals surface area contributed by atoms with E-state index in [0.29, 0.717) is 19.5 Å². The van der Waals surface area contributed by atoms with Crippen molar-refractivity contribution in [1.82, 2.24) is 15.5 Å². The molecule has 3 amide bonds. The number of nitrogens with two attached hydrogens (primary N) is 1. The molecule has 1 aliphatic heterocycles. The van der Waals surface area contributed by atoms with E-state index in [1.807, 2.05) is 20.8 Å². The van der Waals surface area contributed by atoms with Gasteiger partial charge in [-0.05, 0) is 33.2 Å². The molecule has 1 rings (SSSR count). The Morgan fingerprint density at radius 1 is 1.38 bits per heavy atom. The van der Waals surface area contributed by atoms with E-state index >= 15 is 0 Å². The van der Waals surface area contributed by atoms with Gasteiger partial charge in [0, 0.05) is 31.5 Å². The van der Waals surface area contributed by atoms with E-state index in [0.717, 1.165) is 12.0 Å². The van der Waals surface area contributed by atoms with Crippen LogP contribution < -0.4 is 16.4 Å². The van der Waals surface area contributed by atoms with E-state index in [1.165, 1.54) is 0 Å². The van der Waals surface area contributed by atoms with Crippen LogP contribution in [0.2, 0.25) is 0 Å². The molecule has 1 heterocycles. The number of carbonyl (C=O) groups is 3. The summed E-state index contributed by atoms with van der Waals surface area (Å²) in [5.74, 6) is -0.466. The SMILES string of the molecule is C=C(C)CNC(=O)CCNC(=O)C(CCN)N1C(=O)[C@H](C)CC1C. The zero-order valence-electron chi connectivity index (χ0n) is 14.9. The third kappa shape index (κ3) is 5.63. The maximum absolute atomic E-state index is 12.5. The highest BCUT2D eigenvalue weighted by atomic mass is 16.2. The largest absolute Gasteiger partial charge is 0.354 e. The fourth-order valence-corrected chi connectivity index (χ4v) is 2.97. The van der Waals surface area contributed by atoms with E-state index in [4.69, 9.17) is 5.73 Å². The number of amides is 3. The summed E-state index contributed by atoms with van der Waals surface area (Å²) in [4.78, 5) is 38.0. The van der Waals surface area contributed by atoms with Crippen LogP contribution in [-0.4, -0.2) is 54.3 Å². The zero-order chi connectivity index (χ0) is 18.3. The van der Waals surface area contributed by atoms with E-state index in [2.05, 4.69) is 17.2 Å². The molecule has 7 heteroatoms. The van der Waals surface area contributed by atoms with Gasteiger partial charge in [0.05, 0.1) is 0 Å². The average molecular weight is 338 g/mol. The van der Waals surface area contributed by atoms with Gasteiger partial charge in [0.2, 0.25) is 17.7 Å². The summed E-state index contributed by atoms with van der Waals surface area (Å²) in [7, 11) is 0. The Kier molecular flexibility index (Phi) is 7.91. The summed E-state index contributed by atoms with van der Waals surface area (Å²) in [6.45, 7) is 10.3. The second-order valence-corrected chi connectivity index (χ2v) is 6.60.